The molecule has 4 N–H and O–H groups in total. The quantitative estimate of drug-likeness (QED) is 0.158. The van der Waals surface area contributed by atoms with Crippen molar-refractivity contribution >= 4 is 35.3 Å². The average Bonchev–Trinajstić information content (AvgIpc) is 3.78. The van der Waals surface area contributed by atoms with Gasteiger partial charge in [-0.15, -0.1) is 0 Å². The van der Waals surface area contributed by atoms with Gasteiger partial charge >= 0.3 is 0 Å². The van der Waals surface area contributed by atoms with Crippen LogP contribution in [0.3, 0.4) is 0 Å². The van der Waals surface area contributed by atoms with Crippen LogP contribution >= 0.6 is 0 Å². The number of ketones is 1. The van der Waals surface area contributed by atoms with Gasteiger partial charge in [0.15, 0.2) is 0 Å². The van der Waals surface area contributed by atoms with Crippen LogP contribution < -0.4 is 21.3 Å². The molecule has 14 nitrogen and oxygen atoms in total. The number of fused-ring (bicyclic) bond motifs is 1. The highest BCUT2D eigenvalue weighted by atomic mass is 16.2. The van der Waals surface area contributed by atoms with Crippen LogP contribution in [0.2, 0.25) is 0 Å². The maximum atomic E-state index is 14.4. The van der Waals surface area contributed by atoms with Crippen molar-refractivity contribution in [2.75, 3.05) is 6.54 Å². The van der Waals surface area contributed by atoms with E-state index in [2.05, 4.69) is 42.8 Å². The molecule has 0 aromatic carbocycles. The lowest BCUT2D eigenvalue weighted by Gasteiger charge is -2.34. The summed E-state index contributed by atoms with van der Waals surface area (Å²) in [6.07, 6.45) is 15.0. The molecule has 3 heterocycles. The van der Waals surface area contributed by atoms with E-state index in [1.54, 1.807) is 38.4 Å². The molecule has 3 aliphatic rings. The van der Waals surface area contributed by atoms with Crippen LogP contribution in [-0.4, -0.2) is 85.9 Å². The summed E-state index contributed by atoms with van der Waals surface area (Å²) >= 11 is 0. The minimum Gasteiger partial charge on any atom is -0.344 e. The van der Waals surface area contributed by atoms with Crippen LogP contribution in [0.4, 0.5) is 0 Å². The van der Waals surface area contributed by atoms with E-state index in [9.17, 15) is 28.8 Å². The third kappa shape index (κ3) is 9.51. The molecule has 5 amide bonds. The maximum Gasteiger partial charge on any atom is 0.290 e. The summed E-state index contributed by atoms with van der Waals surface area (Å²) in [5.41, 5.74) is 1.23. The molecule has 284 valence electrons. The first kappa shape index (κ1) is 39.2. The minimum absolute atomic E-state index is 0.0715. The number of likely N-dealkylation sites (tertiary alicyclic amines) is 1. The molecule has 14 heteroatoms. The van der Waals surface area contributed by atoms with E-state index >= 15 is 0 Å². The Bertz CT molecular complexity index is 1650. The predicted molar refractivity (Wildman–Crippen MR) is 196 cm³/mol. The Morgan fingerprint density at radius 1 is 0.887 bits per heavy atom. The largest absolute Gasteiger partial charge is 0.344 e. The van der Waals surface area contributed by atoms with Crippen LogP contribution in [0.5, 0.6) is 0 Å². The second-order valence-corrected chi connectivity index (χ2v) is 14.7. The fraction of sp³-hybridized carbons (Fsp3) is 0.564. The Balaban J connectivity index is 1.32. The van der Waals surface area contributed by atoms with E-state index in [-0.39, 0.29) is 29.9 Å². The van der Waals surface area contributed by atoms with Crippen molar-refractivity contribution in [1.29, 1.82) is 0 Å². The van der Waals surface area contributed by atoms with Crippen molar-refractivity contribution in [3.05, 3.63) is 66.5 Å². The monoisotopic (exact) mass is 728 g/mol. The number of amides is 5. The molecular formula is C39H52N8O6. The molecule has 3 fully saturated rings. The van der Waals surface area contributed by atoms with Gasteiger partial charge < -0.3 is 26.2 Å². The van der Waals surface area contributed by atoms with Gasteiger partial charge in [0.25, 0.3) is 11.8 Å². The molecule has 7 atom stereocenters. The highest BCUT2D eigenvalue weighted by Crippen LogP contribution is 2.43. The number of hydrogen-bond donors (Lipinski definition) is 4. The summed E-state index contributed by atoms with van der Waals surface area (Å²) < 4.78 is 0. The fourth-order valence-electron chi connectivity index (χ4n) is 8.13. The van der Waals surface area contributed by atoms with E-state index in [4.69, 9.17) is 0 Å². The zero-order valence-corrected chi connectivity index (χ0v) is 30.9. The summed E-state index contributed by atoms with van der Waals surface area (Å²) in [6.45, 7) is 9.60. The Morgan fingerprint density at radius 3 is 2.28 bits per heavy atom. The van der Waals surface area contributed by atoms with Gasteiger partial charge in [-0.25, -0.2) is 4.98 Å². The van der Waals surface area contributed by atoms with E-state index in [0.29, 0.717) is 18.5 Å². The standard InChI is InChI=1S/C39H52N8O6/c1-5-10-29(34(48)38(52)43-24(4)25-15-17-40-18-16-25)44-37(51)33-28-14-9-13-27(28)22-47(33)39(53)31(23(2)3)45-36(50)32(26-11-7-6-8-12-26)46-35(49)30-21-41-19-20-42-30/h15-21,24,26-29,31-33H,2,5-14,22H2,1,3-4H3,(H,43,52)(H,44,51)(H,45,50)(H,46,49)/t24-,27-,28-,29-,31-,32-,33-/m0/s1. The number of Topliss-reactive ketones (excluding diaryl/α,β-unsaturated/α-hetero) is 1. The Hall–Kier alpha value is -5.01. The van der Waals surface area contributed by atoms with E-state index in [1.165, 1.54) is 23.5 Å². The van der Waals surface area contributed by atoms with E-state index in [1.807, 2.05) is 6.92 Å². The van der Waals surface area contributed by atoms with Crippen molar-refractivity contribution in [3.63, 3.8) is 0 Å². The normalized spacial score (nSPS) is 22.0. The summed E-state index contributed by atoms with van der Waals surface area (Å²) in [5.74, 6) is -3.82. The van der Waals surface area contributed by atoms with Crippen LogP contribution in [0.1, 0.15) is 107 Å². The number of rotatable bonds is 15. The zero-order chi connectivity index (χ0) is 38.1. The van der Waals surface area contributed by atoms with Gasteiger partial charge in [0.05, 0.1) is 18.3 Å². The lowest BCUT2D eigenvalue weighted by Crippen LogP contribution is -2.60. The lowest BCUT2D eigenvalue weighted by molar-refractivity contribution is -0.144. The van der Waals surface area contributed by atoms with Crippen molar-refractivity contribution in [1.82, 2.24) is 41.1 Å². The molecule has 2 aromatic rings. The third-order valence-corrected chi connectivity index (χ3v) is 10.9. The molecule has 5 rings (SSSR count). The molecule has 2 saturated carbocycles. The van der Waals surface area contributed by atoms with Gasteiger partial charge in [-0.1, -0.05) is 45.6 Å². The first-order valence-electron chi connectivity index (χ1n) is 18.9. The fourth-order valence-corrected chi connectivity index (χ4v) is 8.13. The van der Waals surface area contributed by atoms with E-state index in [0.717, 1.165) is 56.9 Å². The first-order valence-corrected chi connectivity index (χ1v) is 18.9. The second-order valence-electron chi connectivity index (χ2n) is 14.7. The average molecular weight is 729 g/mol. The smallest absolute Gasteiger partial charge is 0.290 e. The number of aromatic nitrogens is 3. The van der Waals surface area contributed by atoms with Crippen molar-refractivity contribution in [3.8, 4) is 0 Å². The van der Waals surface area contributed by atoms with Crippen LogP contribution in [0, 0.1) is 17.8 Å². The molecule has 1 saturated heterocycles. The maximum absolute atomic E-state index is 14.4. The van der Waals surface area contributed by atoms with Crippen molar-refractivity contribution < 1.29 is 28.8 Å². The minimum atomic E-state index is -1.16. The Kier molecular flexibility index (Phi) is 13.4. The zero-order valence-electron chi connectivity index (χ0n) is 30.9. The van der Waals surface area contributed by atoms with Gasteiger partial charge in [-0.05, 0) is 87.0 Å². The predicted octanol–water partition coefficient (Wildman–Crippen LogP) is 2.97. The molecule has 1 aliphatic heterocycles. The second kappa shape index (κ2) is 18.2. The molecule has 53 heavy (non-hydrogen) atoms. The van der Waals surface area contributed by atoms with Gasteiger partial charge in [0.1, 0.15) is 23.8 Å². The summed E-state index contributed by atoms with van der Waals surface area (Å²) in [5, 5.41) is 11.3. The number of carbonyl (C=O) groups is 6. The van der Waals surface area contributed by atoms with Crippen molar-refractivity contribution in [2.45, 2.75) is 115 Å². The van der Waals surface area contributed by atoms with Crippen molar-refractivity contribution in [2.24, 2.45) is 17.8 Å². The summed E-state index contributed by atoms with van der Waals surface area (Å²) in [4.78, 5) is 95.9. The van der Waals surface area contributed by atoms with Crippen LogP contribution in [0.25, 0.3) is 0 Å². The molecule has 0 spiro atoms. The first-order chi connectivity index (χ1) is 25.5. The summed E-state index contributed by atoms with van der Waals surface area (Å²) in [7, 11) is 0. The topological polar surface area (TPSA) is 192 Å². The number of hydrogen-bond acceptors (Lipinski definition) is 9. The van der Waals surface area contributed by atoms with E-state index < -0.39 is 65.5 Å². The molecular weight excluding hydrogens is 676 g/mol. The van der Waals surface area contributed by atoms with Gasteiger partial charge in [-0.2, -0.15) is 0 Å². The molecule has 2 aliphatic carbocycles. The molecule has 2 aromatic heterocycles. The van der Waals surface area contributed by atoms with Crippen LogP contribution in [-0.2, 0) is 24.0 Å². The highest BCUT2D eigenvalue weighted by molar-refractivity contribution is 6.38. The Labute approximate surface area is 310 Å². The SMILES string of the molecule is C=C(C)[C@H](NC(=O)[C@@H](NC(=O)c1cnccn1)C1CCCCC1)C(=O)N1C[C@@H]2CCC[C@@H]2[C@H]1C(=O)N[C@@H](CCC)C(=O)C(=O)N[C@@H](C)c1ccncc1. The highest BCUT2D eigenvalue weighted by Gasteiger charge is 2.51. The Morgan fingerprint density at radius 2 is 1.62 bits per heavy atom. The molecule has 0 radical (unpaired) electrons. The van der Waals surface area contributed by atoms with Gasteiger partial charge in [0.2, 0.25) is 23.5 Å². The van der Waals surface area contributed by atoms with Crippen LogP contribution in [0.15, 0.2) is 55.3 Å². The number of pyridine rings is 1. The molecule has 0 bridgehead atoms. The molecule has 0 unspecified atom stereocenters. The number of nitrogens with zero attached hydrogens (tertiary/aromatic N) is 4. The summed E-state index contributed by atoms with van der Waals surface area (Å²) in [6, 6.07) is -1.03. The number of nitrogens with one attached hydrogen (secondary N) is 4. The number of carbonyl (C=O) groups excluding carboxylic acids is 6. The third-order valence-electron chi connectivity index (χ3n) is 10.9. The van der Waals surface area contributed by atoms with Gasteiger partial charge in [0, 0.05) is 31.3 Å². The van der Waals surface area contributed by atoms with Gasteiger partial charge in [-0.3, -0.25) is 38.7 Å². The lowest BCUT2D eigenvalue weighted by atomic mass is 9.83.